The predicted molar refractivity (Wildman–Crippen MR) is 125 cm³/mol. The number of nitrogens with zero attached hydrogens (tertiary/aromatic N) is 1. The van der Waals surface area contributed by atoms with Crippen molar-refractivity contribution in [2.45, 2.75) is 18.0 Å². The second-order valence-electron chi connectivity index (χ2n) is 8.19. The summed E-state index contributed by atoms with van der Waals surface area (Å²) in [5, 5.41) is 5.31. The van der Waals surface area contributed by atoms with E-state index in [9.17, 15) is 14.4 Å². The molecule has 2 aromatic rings. The molecule has 8 nitrogen and oxygen atoms in total. The summed E-state index contributed by atoms with van der Waals surface area (Å²) in [7, 11) is 1.32. The SMILES string of the molecule is COC(=O)[C@]1(CCSC)N[C@H](c2cccs2)[C@H]2C(=O)N(c3ccc4c(c3)OCCO4)C(=O)[C@@H]21. The number of rotatable bonds is 6. The summed E-state index contributed by atoms with van der Waals surface area (Å²) < 4.78 is 16.4. The fraction of sp³-hybridized carbons (Fsp3) is 0.435. The Kier molecular flexibility index (Phi) is 5.84. The summed E-state index contributed by atoms with van der Waals surface area (Å²) in [4.78, 5) is 42.9. The molecule has 0 spiro atoms. The van der Waals surface area contributed by atoms with Crippen LogP contribution in [0.3, 0.4) is 0 Å². The van der Waals surface area contributed by atoms with Gasteiger partial charge in [-0.15, -0.1) is 11.3 Å². The maximum Gasteiger partial charge on any atom is 0.326 e. The van der Waals surface area contributed by atoms with Crippen molar-refractivity contribution >= 4 is 46.6 Å². The molecule has 2 fully saturated rings. The van der Waals surface area contributed by atoms with Gasteiger partial charge in [0.25, 0.3) is 0 Å². The highest BCUT2D eigenvalue weighted by Gasteiger charge is 2.68. The first-order valence-corrected chi connectivity index (χ1v) is 12.9. The van der Waals surface area contributed by atoms with Crippen LogP contribution < -0.4 is 19.7 Å². The second kappa shape index (κ2) is 8.66. The lowest BCUT2D eigenvalue weighted by molar-refractivity contribution is -0.152. The van der Waals surface area contributed by atoms with Crippen LogP contribution in [0.5, 0.6) is 11.5 Å². The third-order valence-electron chi connectivity index (χ3n) is 6.54. The van der Waals surface area contributed by atoms with Gasteiger partial charge in [0.2, 0.25) is 11.8 Å². The molecule has 5 rings (SSSR count). The minimum absolute atomic E-state index is 0.331. The van der Waals surface area contributed by atoms with E-state index in [0.717, 1.165) is 4.88 Å². The molecule has 1 N–H and O–H groups in total. The molecule has 10 heteroatoms. The lowest BCUT2D eigenvalue weighted by Gasteiger charge is -2.32. The molecule has 174 valence electrons. The number of carbonyl (C=O) groups is 3. The molecule has 0 aliphatic carbocycles. The Balaban J connectivity index is 1.60. The molecule has 1 aromatic carbocycles. The van der Waals surface area contributed by atoms with Gasteiger partial charge in [-0.25, -0.2) is 4.90 Å². The normalized spacial score (nSPS) is 28.2. The first-order valence-electron chi connectivity index (χ1n) is 10.7. The minimum Gasteiger partial charge on any atom is -0.486 e. The number of benzene rings is 1. The van der Waals surface area contributed by atoms with Crippen LogP contribution in [-0.4, -0.2) is 55.7 Å². The Morgan fingerprint density at radius 2 is 2.03 bits per heavy atom. The van der Waals surface area contributed by atoms with Crippen molar-refractivity contribution in [2.24, 2.45) is 11.8 Å². The molecule has 4 atom stereocenters. The number of esters is 1. The number of methoxy groups -OCH3 is 1. The van der Waals surface area contributed by atoms with Gasteiger partial charge in [-0.1, -0.05) is 6.07 Å². The maximum atomic E-state index is 13.9. The van der Waals surface area contributed by atoms with E-state index < -0.39 is 35.3 Å². The van der Waals surface area contributed by atoms with Crippen LogP contribution in [0.15, 0.2) is 35.7 Å². The molecule has 3 aliphatic rings. The number of anilines is 1. The van der Waals surface area contributed by atoms with Gasteiger partial charge in [0, 0.05) is 10.9 Å². The summed E-state index contributed by atoms with van der Waals surface area (Å²) in [5.41, 5.74) is -0.871. The number of imide groups is 1. The van der Waals surface area contributed by atoms with Gasteiger partial charge >= 0.3 is 5.97 Å². The monoisotopic (exact) mass is 488 g/mol. The molecule has 4 heterocycles. The van der Waals surface area contributed by atoms with E-state index in [-0.39, 0.29) is 5.91 Å². The molecule has 2 saturated heterocycles. The van der Waals surface area contributed by atoms with Crippen molar-refractivity contribution in [3.8, 4) is 11.5 Å². The van der Waals surface area contributed by atoms with Crippen molar-refractivity contribution in [1.29, 1.82) is 0 Å². The lowest BCUT2D eigenvalue weighted by atomic mass is 9.78. The van der Waals surface area contributed by atoms with Crippen LogP contribution in [0.1, 0.15) is 17.3 Å². The second-order valence-corrected chi connectivity index (χ2v) is 10.2. The zero-order valence-electron chi connectivity index (χ0n) is 18.2. The van der Waals surface area contributed by atoms with E-state index >= 15 is 0 Å². The first-order chi connectivity index (χ1) is 16.0. The van der Waals surface area contributed by atoms with Gasteiger partial charge in [-0.3, -0.25) is 19.7 Å². The zero-order valence-corrected chi connectivity index (χ0v) is 19.9. The van der Waals surface area contributed by atoms with E-state index in [1.54, 1.807) is 30.0 Å². The number of hydrogen-bond acceptors (Lipinski definition) is 9. The number of thiophene rings is 1. The van der Waals surface area contributed by atoms with Gasteiger partial charge in [0.05, 0.1) is 30.7 Å². The van der Waals surface area contributed by atoms with Crippen LogP contribution in [0, 0.1) is 11.8 Å². The Morgan fingerprint density at radius 1 is 1.24 bits per heavy atom. The average Bonchev–Trinajstić information content (AvgIpc) is 3.54. The highest BCUT2D eigenvalue weighted by molar-refractivity contribution is 7.98. The molecule has 0 unspecified atom stereocenters. The number of amides is 2. The number of carbonyl (C=O) groups excluding carboxylic acids is 3. The van der Waals surface area contributed by atoms with Crippen LogP contribution >= 0.6 is 23.1 Å². The predicted octanol–water partition coefficient (Wildman–Crippen LogP) is 2.63. The topological polar surface area (TPSA) is 94.2 Å². The van der Waals surface area contributed by atoms with E-state index in [1.807, 2.05) is 23.8 Å². The summed E-state index contributed by atoms with van der Waals surface area (Å²) in [6.45, 7) is 0.845. The Hall–Kier alpha value is -2.56. The summed E-state index contributed by atoms with van der Waals surface area (Å²) in [5.74, 6) is -1.14. The highest BCUT2D eigenvalue weighted by Crippen LogP contribution is 2.52. The van der Waals surface area contributed by atoms with Crippen LogP contribution in [-0.2, 0) is 19.1 Å². The van der Waals surface area contributed by atoms with Crippen LogP contribution in [0.2, 0.25) is 0 Å². The zero-order chi connectivity index (χ0) is 23.2. The van der Waals surface area contributed by atoms with Crippen molar-refractivity contribution in [2.75, 3.05) is 37.2 Å². The molecule has 1 aromatic heterocycles. The van der Waals surface area contributed by atoms with Gasteiger partial charge < -0.3 is 14.2 Å². The van der Waals surface area contributed by atoms with Crippen molar-refractivity contribution in [3.63, 3.8) is 0 Å². The summed E-state index contributed by atoms with van der Waals surface area (Å²) in [6.07, 6.45) is 2.31. The molecule has 2 amide bonds. The quantitative estimate of drug-likeness (QED) is 0.490. The molecule has 3 aliphatic heterocycles. The van der Waals surface area contributed by atoms with E-state index in [0.29, 0.717) is 42.6 Å². The third-order valence-corrected chi connectivity index (χ3v) is 8.11. The van der Waals surface area contributed by atoms with Crippen molar-refractivity contribution in [3.05, 3.63) is 40.6 Å². The van der Waals surface area contributed by atoms with Crippen LogP contribution in [0.4, 0.5) is 5.69 Å². The number of nitrogens with one attached hydrogen (secondary N) is 1. The number of thioether (sulfide) groups is 1. The summed E-state index contributed by atoms with van der Waals surface area (Å²) in [6, 6.07) is 8.40. The molecule has 33 heavy (non-hydrogen) atoms. The molecule has 0 bridgehead atoms. The van der Waals surface area contributed by atoms with Gasteiger partial charge in [-0.2, -0.15) is 11.8 Å². The fourth-order valence-electron chi connectivity index (χ4n) is 5.11. The smallest absolute Gasteiger partial charge is 0.326 e. The molecule has 0 radical (unpaired) electrons. The van der Waals surface area contributed by atoms with Crippen LogP contribution in [0.25, 0.3) is 0 Å². The van der Waals surface area contributed by atoms with E-state index in [2.05, 4.69) is 5.32 Å². The Labute approximate surface area is 199 Å². The van der Waals surface area contributed by atoms with Gasteiger partial charge in [-0.05, 0) is 42.0 Å². The molecule has 0 saturated carbocycles. The van der Waals surface area contributed by atoms with Gasteiger partial charge in [0.15, 0.2) is 11.5 Å². The average molecular weight is 489 g/mol. The van der Waals surface area contributed by atoms with Crippen molar-refractivity contribution < 1.29 is 28.6 Å². The Morgan fingerprint density at radius 3 is 2.73 bits per heavy atom. The first kappa shape index (κ1) is 22.2. The number of ether oxygens (including phenoxy) is 3. The summed E-state index contributed by atoms with van der Waals surface area (Å²) >= 11 is 3.07. The number of hydrogen-bond donors (Lipinski definition) is 1. The third kappa shape index (κ3) is 3.43. The lowest BCUT2D eigenvalue weighted by Crippen LogP contribution is -2.56. The van der Waals surface area contributed by atoms with E-state index in [1.165, 1.54) is 23.3 Å². The number of fused-ring (bicyclic) bond motifs is 2. The largest absolute Gasteiger partial charge is 0.486 e. The fourth-order valence-corrected chi connectivity index (χ4v) is 6.45. The van der Waals surface area contributed by atoms with Gasteiger partial charge in [0.1, 0.15) is 18.8 Å². The Bertz CT molecular complexity index is 1090. The standard InChI is InChI=1S/C23H24N2O6S2/c1-29-22(28)23(7-11-32-2)18-17(19(24-23)16-4-3-10-33-16)20(26)25(21(18)27)13-5-6-14-15(12-13)31-9-8-30-14/h3-6,10,12,17-19,24H,7-9,11H2,1-2H3/t17-,18+,19+,23+/m0/s1. The van der Waals surface area contributed by atoms with E-state index in [4.69, 9.17) is 14.2 Å². The molecular weight excluding hydrogens is 464 g/mol. The van der Waals surface area contributed by atoms with Crippen molar-refractivity contribution in [1.82, 2.24) is 5.32 Å². The minimum atomic E-state index is -1.29. The molecular formula is C23H24N2O6S2. The maximum absolute atomic E-state index is 13.9. The highest BCUT2D eigenvalue weighted by atomic mass is 32.2.